The van der Waals surface area contributed by atoms with Crippen LogP contribution in [0, 0.1) is 0 Å². The van der Waals surface area contributed by atoms with Gasteiger partial charge in [-0.25, -0.2) is 4.79 Å². The number of urea groups is 1. The highest BCUT2D eigenvalue weighted by Gasteiger charge is 2.38. The fraction of sp³-hybridized carbons (Fsp3) is 0.240. The fourth-order valence-corrected chi connectivity index (χ4v) is 3.17. The van der Waals surface area contributed by atoms with Gasteiger partial charge in [0.05, 0.1) is 5.69 Å². The Morgan fingerprint density at radius 1 is 1.00 bits per heavy atom. The van der Waals surface area contributed by atoms with Gasteiger partial charge in [-0.3, -0.25) is 9.78 Å². The summed E-state index contributed by atoms with van der Waals surface area (Å²) >= 11 is 0. The molecule has 196 valence electrons. The number of likely N-dealkylation sites (N-methyl/N-ethyl adjacent to an activating group) is 1. The average Bonchev–Trinajstić information content (AvgIpc) is 2.83. The molecule has 2 aromatic carbocycles. The van der Waals surface area contributed by atoms with E-state index in [9.17, 15) is 22.8 Å². The smallest absolute Gasteiger partial charge is 0.421 e. The minimum absolute atomic E-state index is 0.0423. The monoisotopic (exact) mass is 517 g/mol. The van der Waals surface area contributed by atoms with E-state index < -0.39 is 23.5 Å². The lowest BCUT2D eigenvalue weighted by molar-refractivity contribution is -0.138. The van der Waals surface area contributed by atoms with Crippen molar-refractivity contribution in [2.45, 2.75) is 6.18 Å². The van der Waals surface area contributed by atoms with Crippen molar-refractivity contribution in [2.75, 3.05) is 44.9 Å². The number of nitrogens with one attached hydrogen (secondary N) is 3. The molecule has 3 N–H and O–H groups in total. The third kappa shape index (κ3) is 7.84. The zero-order chi connectivity index (χ0) is 27.0. The number of anilines is 2. The number of nitrogens with zero attached hydrogens (tertiary/aromatic N) is 2. The predicted octanol–water partition coefficient (Wildman–Crippen LogP) is 4.84. The molecule has 12 heteroatoms. The van der Waals surface area contributed by atoms with E-state index in [4.69, 9.17) is 9.47 Å². The second-order valence-electron chi connectivity index (χ2n) is 7.99. The molecular weight excluding hydrogens is 491 g/mol. The molecule has 3 rings (SSSR count). The molecule has 9 nitrogen and oxygen atoms in total. The molecule has 0 spiro atoms. The van der Waals surface area contributed by atoms with Gasteiger partial charge in [0.1, 0.15) is 35.1 Å². The summed E-state index contributed by atoms with van der Waals surface area (Å²) in [5.74, 6) is -0.116. The molecular formula is C25H26F3N5O4. The summed E-state index contributed by atoms with van der Waals surface area (Å²) in [4.78, 5) is 30.1. The van der Waals surface area contributed by atoms with Crippen LogP contribution in [0.1, 0.15) is 16.1 Å². The first-order chi connectivity index (χ1) is 17.6. The minimum atomic E-state index is -4.76. The maximum Gasteiger partial charge on any atom is 0.421 e. The van der Waals surface area contributed by atoms with Gasteiger partial charge in [-0.05, 0) is 44.4 Å². The average molecular weight is 518 g/mol. The topological polar surface area (TPSA) is 105 Å². The standard InChI is InChI=1S/C25H26F3N5O4/c1-29-23(34)20-15-18(10-11-30-20)37-17-7-4-6-16(14-17)31-24(35)32-19-8-5-9-21(22(19)25(26,27)28)36-13-12-33(2)3/h4-11,14-15H,12-13H2,1-3H3,(H,29,34)(H2,31,32,35). The number of hydrogen-bond donors (Lipinski definition) is 3. The highest BCUT2D eigenvalue weighted by Crippen LogP contribution is 2.41. The summed E-state index contributed by atoms with van der Waals surface area (Å²) in [5, 5.41) is 7.20. The van der Waals surface area contributed by atoms with E-state index in [1.165, 1.54) is 37.5 Å². The van der Waals surface area contributed by atoms with Gasteiger partial charge >= 0.3 is 12.2 Å². The molecule has 0 aliphatic rings. The number of hydrogen-bond acceptors (Lipinski definition) is 6. The van der Waals surface area contributed by atoms with Crippen LogP contribution in [-0.2, 0) is 6.18 Å². The molecule has 0 fully saturated rings. The van der Waals surface area contributed by atoms with Crippen LogP contribution in [0.3, 0.4) is 0 Å². The molecule has 3 aromatic rings. The van der Waals surface area contributed by atoms with Gasteiger partial charge in [0.2, 0.25) is 0 Å². The molecule has 37 heavy (non-hydrogen) atoms. The Kier molecular flexibility index (Phi) is 8.90. The van der Waals surface area contributed by atoms with Crippen LogP contribution in [0.15, 0.2) is 60.8 Å². The molecule has 1 heterocycles. The van der Waals surface area contributed by atoms with Crippen LogP contribution in [0.25, 0.3) is 0 Å². The predicted molar refractivity (Wildman–Crippen MR) is 132 cm³/mol. The molecule has 0 radical (unpaired) electrons. The van der Waals surface area contributed by atoms with Crippen molar-refractivity contribution in [3.05, 3.63) is 72.1 Å². The van der Waals surface area contributed by atoms with Crippen molar-refractivity contribution in [3.63, 3.8) is 0 Å². The van der Waals surface area contributed by atoms with Gasteiger partial charge in [-0.2, -0.15) is 13.2 Å². The molecule has 0 unspecified atom stereocenters. The zero-order valence-corrected chi connectivity index (χ0v) is 20.3. The Bertz CT molecular complexity index is 1250. The van der Waals surface area contributed by atoms with Crippen molar-refractivity contribution in [1.29, 1.82) is 0 Å². The zero-order valence-electron chi connectivity index (χ0n) is 20.3. The van der Waals surface area contributed by atoms with E-state index in [0.717, 1.165) is 6.07 Å². The first kappa shape index (κ1) is 27.3. The summed E-state index contributed by atoms with van der Waals surface area (Å²) < 4.78 is 52.5. The van der Waals surface area contributed by atoms with Crippen molar-refractivity contribution < 1.29 is 32.2 Å². The number of benzene rings is 2. The third-order valence-corrected chi connectivity index (χ3v) is 4.87. The second kappa shape index (κ2) is 12.1. The Labute approximate surface area is 211 Å². The highest BCUT2D eigenvalue weighted by molar-refractivity contribution is 6.00. The molecule has 0 atom stereocenters. The molecule has 0 saturated heterocycles. The number of amides is 3. The summed E-state index contributed by atoms with van der Waals surface area (Å²) in [5.41, 5.74) is -1.10. The van der Waals surface area contributed by atoms with Crippen LogP contribution >= 0.6 is 0 Å². The number of rotatable bonds is 9. The van der Waals surface area contributed by atoms with Gasteiger partial charge in [0.15, 0.2) is 0 Å². The van der Waals surface area contributed by atoms with Gasteiger partial charge in [-0.1, -0.05) is 12.1 Å². The van der Waals surface area contributed by atoms with Gasteiger partial charge in [0.25, 0.3) is 5.91 Å². The Morgan fingerprint density at radius 3 is 2.43 bits per heavy atom. The minimum Gasteiger partial charge on any atom is -0.492 e. The van der Waals surface area contributed by atoms with Crippen LogP contribution in [0.5, 0.6) is 17.2 Å². The number of aromatic nitrogens is 1. The molecule has 1 aromatic heterocycles. The van der Waals surface area contributed by atoms with Gasteiger partial charge in [0, 0.05) is 37.6 Å². The van der Waals surface area contributed by atoms with Crippen LogP contribution < -0.4 is 25.4 Å². The Balaban J connectivity index is 1.73. The van der Waals surface area contributed by atoms with Crippen LogP contribution in [0.4, 0.5) is 29.3 Å². The van der Waals surface area contributed by atoms with Crippen molar-refractivity contribution >= 4 is 23.3 Å². The third-order valence-electron chi connectivity index (χ3n) is 4.87. The SMILES string of the molecule is CNC(=O)c1cc(Oc2cccc(NC(=O)Nc3cccc(OCCN(C)C)c3C(F)(F)F)c2)ccn1. The van der Waals surface area contributed by atoms with Crippen molar-refractivity contribution in [2.24, 2.45) is 0 Å². The van der Waals surface area contributed by atoms with E-state index >= 15 is 0 Å². The number of alkyl halides is 3. The molecule has 0 aliphatic heterocycles. The summed E-state index contributed by atoms with van der Waals surface area (Å²) in [6.07, 6.45) is -3.35. The first-order valence-corrected chi connectivity index (χ1v) is 11.1. The number of halogens is 3. The normalized spacial score (nSPS) is 11.1. The van der Waals surface area contributed by atoms with E-state index in [-0.39, 0.29) is 29.6 Å². The molecule has 3 amide bonds. The lowest BCUT2D eigenvalue weighted by Gasteiger charge is -2.19. The number of pyridine rings is 1. The maximum absolute atomic E-state index is 13.8. The quantitative estimate of drug-likeness (QED) is 0.375. The number of carbonyl (C=O) groups excluding carboxylic acids is 2. The van der Waals surface area contributed by atoms with E-state index in [2.05, 4.69) is 20.9 Å². The molecule has 0 bridgehead atoms. The maximum atomic E-state index is 13.8. The largest absolute Gasteiger partial charge is 0.492 e. The molecule has 0 aliphatic carbocycles. The second-order valence-corrected chi connectivity index (χ2v) is 7.99. The summed E-state index contributed by atoms with van der Waals surface area (Å²) in [6, 6.07) is 12.0. The molecule has 0 saturated carbocycles. The summed E-state index contributed by atoms with van der Waals surface area (Å²) in [7, 11) is 5.02. The van der Waals surface area contributed by atoms with Crippen molar-refractivity contribution in [1.82, 2.24) is 15.2 Å². The van der Waals surface area contributed by atoms with Crippen LogP contribution in [0.2, 0.25) is 0 Å². The lowest BCUT2D eigenvalue weighted by Crippen LogP contribution is -2.23. The van der Waals surface area contributed by atoms with E-state index in [0.29, 0.717) is 18.0 Å². The van der Waals surface area contributed by atoms with Crippen molar-refractivity contribution in [3.8, 4) is 17.2 Å². The van der Waals surface area contributed by atoms with Gasteiger partial charge in [-0.15, -0.1) is 0 Å². The fourth-order valence-electron chi connectivity index (χ4n) is 3.17. The number of carbonyl (C=O) groups is 2. The number of ether oxygens (including phenoxy) is 2. The lowest BCUT2D eigenvalue weighted by atomic mass is 10.1. The van der Waals surface area contributed by atoms with Gasteiger partial charge < -0.3 is 30.3 Å². The Hall–Kier alpha value is -4.32. The van der Waals surface area contributed by atoms with Crippen LogP contribution in [-0.4, -0.2) is 56.1 Å². The highest BCUT2D eigenvalue weighted by atomic mass is 19.4. The van der Waals surface area contributed by atoms with E-state index in [1.54, 1.807) is 43.3 Å². The Morgan fingerprint density at radius 2 is 1.73 bits per heavy atom. The summed E-state index contributed by atoms with van der Waals surface area (Å²) in [6.45, 7) is 0.459. The van der Waals surface area contributed by atoms with E-state index in [1.807, 2.05) is 0 Å². The first-order valence-electron chi connectivity index (χ1n) is 11.1.